The van der Waals surface area contributed by atoms with Crippen LogP contribution in [0.2, 0.25) is 0 Å². The first-order valence-electron chi connectivity index (χ1n) is 6.21. The molecule has 0 amide bonds. The van der Waals surface area contributed by atoms with Gasteiger partial charge >= 0.3 is 0 Å². The first-order chi connectivity index (χ1) is 9.60. The molecule has 0 aliphatic carbocycles. The Hall–Kier alpha value is -1.77. The zero-order chi connectivity index (χ0) is 14.5. The Bertz CT molecular complexity index is 667. The number of aromatic nitrogens is 2. The molecule has 20 heavy (non-hydrogen) atoms. The van der Waals surface area contributed by atoms with Crippen LogP contribution in [-0.2, 0) is 12.8 Å². The molecule has 104 valence electrons. The fourth-order valence-corrected chi connectivity index (χ4v) is 2.85. The Labute approximate surface area is 122 Å². The normalized spacial score (nSPS) is 10.2. The van der Waals surface area contributed by atoms with E-state index in [-0.39, 0.29) is 12.4 Å². The van der Waals surface area contributed by atoms with Gasteiger partial charge in [-0.2, -0.15) is 5.10 Å². The van der Waals surface area contributed by atoms with Crippen molar-refractivity contribution in [2.75, 3.05) is 6.54 Å². The summed E-state index contributed by atoms with van der Waals surface area (Å²) in [6.07, 6.45) is 0. The molecule has 0 radical (unpaired) electrons. The van der Waals surface area contributed by atoms with Crippen molar-refractivity contribution in [3.8, 4) is 11.8 Å². The third-order valence-corrected chi connectivity index (χ3v) is 3.86. The van der Waals surface area contributed by atoms with Gasteiger partial charge in [-0.3, -0.25) is 4.68 Å². The van der Waals surface area contributed by atoms with Crippen molar-refractivity contribution in [1.82, 2.24) is 9.78 Å². The van der Waals surface area contributed by atoms with Gasteiger partial charge in [-0.05, 0) is 30.7 Å². The van der Waals surface area contributed by atoms with Crippen LogP contribution in [-0.4, -0.2) is 16.3 Å². The highest BCUT2D eigenvalue weighted by Gasteiger charge is 2.06. The van der Waals surface area contributed by atoms with E-state index in [2.05, 4.69) is 16.9 Å². The maximum absolute atomic E-state index is 13.3. The Balaban J connectivity index is 2.18. The van der Waals surface area contributed by atoms with Gasteiger partial charge in [0.15, 0.2) is 0 Å². The second kappa shape index (κ2) is 6.60. The summed E-state index contributed by atoms with van der Waals surface area (Å²) in [6.45, 7) is 2.23. The molecule has 1 heterocycles. The number of nitrogens with zero attached hydrogens (tertiary/aromatic N) is 2. The van der Waals surface area contributed by atoms with E-state index in [1.807, 2.05) is 24.7 Å². The molecule has 0 bridgehead atoms. The lowest BCUT2D eigenvalue weighted by Crippen LogP contribution is -1.96. The van der Waals surface area contributed by atoms with Crippen LogP contribution < -0.4 is 5.73 Å². The highest BCUT2D eigenvalue weighted by molar-refractivity contribution is 7.98. The molecule has 0 atom stereocenters. The molecule has 3 nitrogen and oxygen atoms in total. The summed E-state index contributed by atoms with van der Waals surface area (Å²) in [5.74, 6) is 6.12. The number of hydrogen-bond donors (Lipinski definition) is 1. The maximum Gasteiger partial charge on any atom is 0.124 e. The van der Waals surface area contributed by atoms with E-state index < -0.39 is 0 Å². The van der Waals surface area contributed by atoms with E-state index in [1.165, 1.54) is 12.1 Å². The monoisotopic (exact) mass is 289 g/mol. The molecule has 1 aromatic carbocycles. The van der Waals surface area contributed by atoms with Crippen LogP contribution in [0, 0.1) is 24.6 Å². The fourth-order valence-electron chi connectivity index (χ4n) is 1.81. The summed E-state index contributed by atoms with van der Waals surface area (Å²) in [5.41, 5.74) is 8.04. The molecule has 0 spiro atoms. The first-order valence-corrected chi connectivity index (χ1v) is 7.19. The van der Waals surface area contributed by atoms with Gasteiger partial charge in [0.05, 0.1) is 17.3 Å². The topological polar surface area (TPSA) is 43.8 Å². The van der Waals surface area contributed by atoms with Gasteiger partial charge in [0.25, 0.3) is 0 Å². The molecule has 1 aromatic heterocycles. The Kier molecular flexibility index (Phi) is 4.83. The molecule has 2 aromatic rings. The zero-order valence-electron chi connectivity index (χ0n) is 11.5. The summed E-state index contributed by atoms with van der Waals surface area (Å²) in [6, 6.07) is 6.70. The van der Waals surface area contributed by atoms with E-state index in [4.69, 9.17) is 5.73 Å². The van der Waals surface area contributed by atoms with Crippen molar-refractivity contribution in [1.29, 1.82) is 0 Å². The minimum atomic E-state index is -0.281. The fraction of sp³-hybridized carbons (Fsp3) is 0.267. The van der Waals surface area contributed by atoms with Gasteiger partial charge in [-0.25, -0.2) is 4.39 Å². The van der Waals surface area contributed by atoms with Crippen LogP contribution in [0.25, 0.3) is 0 Å². The van der Waals surface area contributed by atoms with Gasteiger partial charge in [0.2, 0.25) is 0 Å². The van der Waals surface area contributed by atoms with Crippen molar-refractivity contribution in [2.45, 2.75) is 17.7 Å². The highest BCUT2D eigenvalue weighted by Crippen LogP contribution is 2.25. The SMILES string of the molecule is Cc1cc(SCc2ccc(F)cc2C#CCN)n(C)n1. The molecule has 2 N–H and O–H groups in total. The number of hydrogen-bond acceptors (Lipinski definition) is 3. The number of thioether (sulfide) groups is 1. The zero-order valence-corrected chi connectivity index (χ0v) is 12.3. The number of rotatable bonds is 3. The molecule has 0 aliphatic heterocycles. The maximum atomic E-state index is 13.3. The van der Waals surface area contributed by atoms with Crippen molar-refractivity contribution < 1.29 is 4.39 Å². The average Bonchev–Trinajstić information content (AvgIpc) is 2.73. The van der Waals surface area contributed by atoms with Crippen molar-refractivity contribution in [2.24, 2.45) is 12.8 Å². The van der Waals surface area contributed by atoms with Crippen molar-refractivity contribution in [3.63, 3.8) is 0 Å². The van der Waals surface area contributed by atoms with Crippen LogP contribution in [0.4, 0.5) is 4.39 Å². The van der Waals surface area contributed by atoms with E-state index >= 15 is 0 Å². The molecule has 0 saturated heterocycles. The van der Waals surface area contributed by atoms with Crippen LogP contribution in [0.5, 0.6) is 0 Å². The van der Waals surface area contributed by atoms with Crippen LogP contribution in [0.3, 0.4) is 0 Å². The summed E-state index contributed by atoms with van der Waals surface area (Å²) in [5, 5.41) is 5.37. The quantitative estimate of drug-likeness (QED) is 0.697. The molecular weight excluding hydrogens is 273 g/mol. The minimum absolute atomic E-state index is 0.268. The molecule has 0 aliphatic rings. The predicted molar refractivity (Wildman–Crippen MR) is 79.8 cm³/mol. The second-order valence-corrected chi connectivity index (χ2v) is 5.34. The Morgan fingerprint density at radius 2 is 2.20 bits per heavy atom. The standard InChI is InChI=1S/C15H16FN3S/c1-11-8-15(19(2)18-11)20-10-13-5-6-14(16)9-12(13)4-3-7-17/h5-6,8-9H,7,10,17H2,1-2H3. The van der Waals surface area contributed by atoms with E-state index in [1.54, 1.807) is 17.8 Å². The number of benzene rings is 1. The van der Waals surface area contributed by atoms with Crippen LogP contribution in [0.1, 0.15) is 16.8 Å². The molecule has 2 rings (SSSR count). The second-order valence-electron chi connectivity index (χ2n) is 4.34. The summed E-state index contributed by atoms with van der Waals surface area (Å²) < 4.78 is 15.1. The van der Waals surface area contributed by atoms with Crippen molar-refractivity contribution in [3.05, 3.63) is 46.9 Å². The van der Waals surface area contributed by atoms with Crippen LogP contribution in [0.15, 0.2) is 29.3 Å². The van der Waals surface area contributed by atoms with E-state index in [9.17, 15) is 4.39 Å². The number of aryl methyl sites for hydroxylation is 2. The lowest BCUT2D eigenvalue weighted by atomic mass is 10.1. The van der Waals surface area contributed by atoms with Gasteiger partial charge in [0, 0.05) is 18.4 Å². The Morgan fingerprint density at radius 1 is 1.40 bits per heavy atom. The Morgan fingerprint density at radius 3 is 2.85 bits per heavy atom. The van der Waals surface area contributed by atoms with Gasteiger partial charge in [-0.1, -0.05) is 17.9 Å². The first kappa shape index (κ1) is 14.6. The van der Waals surface area contributed by atoms with E-state index in [0.717, 1.165) is 16.3 Å². The highest BCUT2D eigenvalue weighted by atomic mass is 32.2. The third kappa shape index (κ3) is 3.62. The molecular formula is C15H16FN3S. The molecule has 0 unspecified atom stereocenters. The third-order valence-electron chi connectivity index (χ3n) is 2.73. The number of nitrogens with two attached hydrogens (primary N) is 1. The average molecular weight is 289 g/mol. The number of halogens is 1. The van der Waals surface area contributed by atoms with Crippen molar-refractivity contribution >= 4 is 11.8 Å². The summed E-state index contributed by atoms with van der Waals surface area (Å²) in [4.78, 5) is 0. The van der Waals surface area contributed by atoms with Gasteiger partial charge < -0.3 is 5.73 Å². The largest absolute Gasteiger partial charge is 0.320 e. The predicted octanol–water partition coefficient (Wildman–Crippen LogP) is 2.47. The summed E-state index contributed by atoms with van der Waals surface area (Å²) in [7, 11) is 1.91. The molecule has 0 fully saturated rings. The smallest absolute Gasteiger partial charge is 0.124 e. The van der Waals surface area contributed by atoms with Gasteiger partial charge in [0.1, 0.15) is 5.82 Å². The molecule has 0 saturated carbocycles. The van der Waals surface area contributed by atoms with Crippen LogP contribution >= 0.6 is 11.8 Å². The lowest BCUT2D eigenvalue weighted by Gasteiger charge is -2.05. The molecule has 5 heteroatoms. The van der Waals surface area contributed by atoms with Gasteiger partial charge in [-0.15, -0.1) is 11.8 Å². The summed E-state index contributed by atoms with van der Waals surface area (Å²) >= 11 is 1.65. The lowest BCUT2D eigenvalue weighted by molar-refractivity contribution is 0.627. The van der Waals surface area contributed by atoms with E-state index in [0.29, 0.717) is 11.3 Å². The minimum Gasteiger partial charge on any atom is -0.320 e.